The number of nitrogens with one attached hydrogen (secondary N) is 2. The van der Waals surface area contributed by atoms with Crippen molar-refractivity contribution in [2.45, 2.75) is 37.6 Å². The predicted molar refractivity (Wildman–Crippen MR) is 108 cm³/mol. The highest BCUT2D eigenvalue weighted by atomic mass is 35.5. The van der Waals surface area contributed by atoms with Gasteiger partial charge in [-0.15, -0.1) is 10.2 Å². The molecular weight excluding hydrogens is 395 g/mol. The molecule has 0 amide bonds. The summed E-state index contributed by atoms with van der Waals surface area (Å²) in [7, 11) is 0. The van der Waals surface area contributed by atoms with Crippen molar-refractivity contribution < 1.29 is 9.13 Å². The predicted octanol–water partition coefficient (Wildman–Crippen LogP) is 5.06. The number of fused-ring (bicyclic) bond motifs is 2. The normalized spacial score (nSPS) is 17.0. The van der Waals surface area contributed by atoms with Crippen LogP contribution in [0.15, 0.2) is 35.3 Å². The lowest BCUT2D eigenvalue weighted by Crippen LogP contribution is -2.32. The molecule has 0 saturated heterocycles. The van der Waals surface area contributed by atoms with Crippen LogP contribution in [0.2, 0.25) is 5.02 Å². The number of hydrogen-bond donors (Lipinski definition) is 2. The Morgan fingerprint density at radius 3 is 2.69 bits per heavy atom. The van der Waals surface area contributed by atoms with Gasteiger partial charge in [0.25, 0.3) is 0 Å². The Hall–Kier alpha value is -3.00. The molecule has 0 radical (unpaired) electrons. The zero-order chi connectivity index (χ0) is 19.8. The summed E-state index contributed by atoms with van der Waals surface area (Å²) in [4.78, 5) is 4.82. The fraction of sp³-hybridized carbons (Fsp3) is 0.300. The van der Waals surface area contributed by atoms with Gasteiger partial charge in [0.2, 0.25) is 5.82 Å². The van der Waals surface area contributed by atoms with Crippen molar-refractivity contribution in [1.82, 2.24) is 20.6 Å². The highest BCUT2D eigenvalue weighted by Crippen LogP contribution is 2.52. The topological polar surface area (TPSA) is 88.1 Å². The fourth-order valence-electron chi connectivity index (χ4n) is 4.21. The molecule has 2 aliphatic rings. The van der Waals surface area contributed by atoms with E-state index in [1.165, 1.54) is 18.6 Å². The SMILES string of the molecule is Fc1ccc(Oc2ccc(Cl)c3c2C2(CCCCC2)N=CN3)c(-c2nn[nH]n2)c1. The fourth-order valence-corrected chi connectivity index (χ4v) is 4.42. The molecule has 29 heavy (non-hydrogen) atoms. The molecule has 2 N–H and O–H groups in total. The molecule has 1 aliphatic carbocycles. The van der Waals surface area contributed by atoms with Crippen molar-refractivity contribution in [2.75, 3.05) is 5.32 Å². The number of tetrazole rings is 1. The van der Waals surface area contributed by atoms with E-state index in [1.54, 1.807) is 18.5 Å². The summed E-state index contributed by atoms with van der Waals surface area (Å²) in [6.07, 6.45) is 6.95. The maximum absolute atomic E-state index is 13.9. The summed E-state index contributed by atoms with van der Waals surface area (Å²) in [6.45, 7) is 0. The average molecular weight is 413 g/mol. The van der Waals surface area contributed by atoms with Crippen molar-refractivity contribution in [3.05, 3.63) is 46.7 Å². The molecule has 0 bridgehead atoms. The van der Waals surface area contributed by atoms with Crippen LogP contribution in [0.5, 0.6) is 11.5 Å². The van der Waals surface area contributed by atoms with E-state index in [0.717, 1.165) is 36.9 Å². The van der Waals surface area contributed by atoms with Gasteiger partial charge in [-0.2, -0.15) is 5.21 Å². The highest BCUT2D eigenvalue weighted by Gasteiger charge is 2.40. The second kappa shape index (κ2) is 7.11. The molecule has 1 spiro atoms. The quantitative estimate of drug-likeness (QED) is 0.627. The Balaban J connectivity index is 1.63. The Labute approximate surface area is 171 Å². The third kappa shape index (κ3) is 3.13. The first kappa shape index (κ1) is 18.1. The minimum absolute atomic E-state index is 0.255. The number of hydrogen-bond acceptors (Lipinski definition) is 6. The van der Waals surface area contributed by atoms with Gasteiger partial charge in [0.05, 0.1) is 28.2 Å². The summed E-state index contributed by atoms with van der Waals surface area (Å²) in [5.74, 6) is 0.904. The number of halogens is 2. The zero-order valence-electron chi connectivity index (χ0n) is 15.5. The molecule has 3 aromatic rings. The highest BCUT2D eigenvalue weighted by molar-refractivity contribution is 6.34. The van der Waals surface area contributed by atoms with Gasteiger partial charge in [-0.05, 0) is 48.4 Å². The maximum Gasteiger partial charge on any atom is 0.208 e. The number of rotatable bonds is 3. The lowest BCUT2D eigenvalue weighted by molar-refractivity contribution is 0.297. The smallest absolute Gasteiger partial charge is 0.208 e. The van der Waals surface area contributed by atoms with Gasteiger partial charge in [-0.3, -0.25) is 4.99 Å². The Morgan fingerprint density at radius 1 is 1.07 bits per heavy atom. The number of aromatic nitrogens is 4. The number of anilines is 1. The number of aromatic amines is 1. The van der Waals surface area contributed by atoms with E-state index in [1.807, 2.05) is 6.07 Å². The van der Waals surface area contributed by atoms with Crippen LogP contribution in [0.1, 0.15) is 37.7 Å². The summed E-state index contributed by atoms with van der Waals surface area (Å²) >= 11 is 6.49. The van der Waals surface area contributed by atoms with Crippen molar-refractivity contribution in [2.24, 2.45) is 4.99 Å². The molecule has 2 heterocycles. The first-order chi connectivity index (χ1) is 14.2. The van der Waals surface area contributed by atoms with Crippen molar-refractivity contribution in [3.8, 4) is 22.9 Å². The Kier molecular flexibility index (Phi) is 4.43. The molecule has 148 valence electrons. The van der Waals surface area contributed by atoms with Crippen LogP contribution in [0.25, 0.3) is 11.4 Å². The second-order valence-electron chi connectivity index (χ2n) is 7.27. The van der Waals surface area contributed by atoms with E-state index in [9.17, 15) is 4.39 Å². The summed E-state index contributed by atoms with van der Waals surface area (Å²) in [6, 6.07) is 7.86. The van der Waals surface area contributed by atoms with E-state index in [0.29, 0.717) is 22.1 Å². The van der Waals surface area contributed by atoms with Crippen molar-refractivity contribution in [3.63, 3.8) is 0 Å². The lowest BCUT2D eigenvalue weighted by atomic mass is 9.75. The number of H-pyrrole nitrogens is 1. The van der Waals surface area contributed by atoms with Crippen LogP contribution in [0.4, 0.5) is 10.1 Å². The minimum atomic E-state index is -0.412. The van der Waals surface area contributed by atoms with Crippen LogP contribution in [-0.2, 0) is 5.54 Å². The number of benzene rings is 2. The largest absolute Gasteiger partial charge is 0.456 e. The summed E-state index contributed by atoms with van der Waals surface area (Å²) in [5, 5.41) is 17.7. The molecule has 0 atom stereocenters. The standard InChI is InChI=1S/C20H18ClFN6O/c21-14-5-7-16(17-18(14)23-11-24-20(17)8-2-1-3-9-20)29-15-6-4-12(22)10-13(15)19-25-27-28-26-19/h4-7,10-11H,1-3,8-9H2,(H,23,24)(H,25,26,27,28). The number of nitrogens with zero attached hydrogens (tertiary/aromatic N) is 4. The lowest BCUT2D eigenvalue weighted by Gasteiger charge is -2.39. The second-order valence-corrected chi connectivity index (χ2v) is 7.68. The average Bonchev–Trinajstić information content (AvgIpc) is 3.27. The van der Waals surface area contributed by atoms with Gasteiger partial charge in [-0.1, -0.05) is 30.9 Å². The molecule has 5 rings (SSSR count). The Bertz CT molecular complexity index is 1080. The zero-order valence-corrected chi connectivity index (χ0v) is 16.2. The summed E-state index contributed by atoms with van der Waals surface area (Å²) < 4.78 is 20.2. The van der Waals surface area contributed by atoms with Gasteiger partial charge in [0.15, 0.2) is 0 Å². The van der Waals surface area contributed by atoms with E-state index < -0.39 is 5.82 Å². The summed E-state index contributed by atoms with van der Waals surface area (Å²) in [5.41, 5.74) is 1.79. The first-order valence-electron chi connectivity index (χ1n) is 9.51. The van der Waals surface area contributed by atoms with Gasteiger partial charge < -0.3 is 10.1 Å². The molecule has 1 aliphatic heterocycles. The van der Waals surface area contributed by atoms with Gasteiger partial charge >= 0.3 is 0 Å². The molecule has 1 fully saturated rings. The van der Waals surface area contributed by atoms with Crippen molar-refractivity contribution in [1.29, 1.82) is 0 Å². The molecule has 2 aromatic carbocycles. The molecule has 1 aromatic heterocycles. The first-order valence-corrected chi connectivity index (χ1v) is 9.88. The minimum Gasteiger partial charge on any atom is -0.456 e. The van der Waals surface area contributed by atoms with E-state index in [4.69, 9.17) is 21.3 Å². The van der Waals surface area contributed by atoms with Crippen LogP contribution in [-0.4, -0.2) is 27.0 Å². The maximum atomic E-state index is 13.9. The monoisotopic (exact) mass is 412 g/mol. The van der Waals surface area contributed by atoms with E-state index in [-0.39, 0.29) is 11.4 Å². The number of aliphatic imine (C=N–C) groups is 1. The van der Waals surface area contributed by atoms with Crippen molar-refractivity contribution >= 4 is 23.6 Å². The molecule has 9 heteroatoms. The van der Waals surface area contributed by atoms with Gasteiger partial charge in [0, 0.05) is 5.56 Å². The molecule has 0 unspecified atom stereocenters. The molecule has 7 nitrogen and oxygen atoms in total. The van der Waals surface area contributed by atoms with Gasteiger partial charge in [0.1, 0.15) is 17.3 Å². The molecule has 1 saturated carbocycles. The van der Waals surface area contributed by atoms with Crippen LogP contribution >= 0.6 is 11.6 Å². The van der Waals surface area contributed by atoms with Crippen LogP contribution in [0, 0.1) is 5.82 Å². The van der Waals surface area contributed by atoms with Crippen LogP contribution in [0.3, 0.4) is 0 Å². The number of ether oxygens (including phenoxy) is 1. The Morgan fingerprint density at radius 2 is 1.90 bits per heavy atom. The van der Waals surface area contributed by atoms with E-state index >= 15 is 0 Å². The molecular formula is C20H18ClFN6O. The van der Waals surface area contributed by atoms with E-state index in [2.05, 4.69) is 25.9 Å². The third-order valence-corrected chi connectivity index (χ3v) is 5.85. The van der Waals surface area contributed by atoms with Gasteiger partial charge in [-0.25, -0.2) is 4.39 Å². The van der Waals surface area contributed by atoms with Crippen LogP contribution < -0.4 is 10.1 Å². The third-order valence-electron chi connectivity index (χ3n) is 5.53.